The van der Waals surface area contributed by atoms with Crippen LogP contribution in [0.3, 0.4) is 0 Å². The summed E-state index contributed by atoms with van der Waals surface area (Å²) >= 11 is 0. The molecule has 0 atom stereocenters. The molecule has 0 aliphatic heterocycles. The first-order chi connectivity index (χ1) is 2.00. The minimum atomic E-state index is -5.17. The van der Waals surface area contributed by atoms with E-state index >= 15 is 0 Å². The van der Waals surface area contributed by atoms with Crippen molar-refractivity contribution in [3.05, 3.63) is 0 Å². The van der Waals surface area contributed by atoms with Gasteiger partial charge in [-0.15, -0.1) is 0 Å². The first-order valence-electron chi connectivity index (χ1n) is 0.667. The van der Waals surface area contributed by atoms with E-state index in [1.807, 2.05) is 0 Å². The van der Waals surface area contributed by atoms with Gasteiger partial charge in [-0.3, -0.25) is 8.42 Å². The molecule has 0 aliphatic carbocycles. The molecule has 8 heteroatoms. The second kappa shape index (κ2) is 7.31. The standard InChI is InChI=1S/Mn.H3N.H2O4S.H2O/c;;1-5(2,3)4;/h;1H3;(H2,1,2,3,4);1H2/q+2;;;/p-2. The van der Waals surface area contributed by atoms with Crippen LogP contribution in [-0.2, 0) is 27.5 Å². The molecule has 0 rings (SSSR count). The molecule has 0 aromatic rings. The number of rotatable bonds is 0. The molecule has 6 nitrogen and oxygen atoms in total. The van der Waals surface area contributed by atoms with Crippen LogP contribution in [0, 0.1) is 0 Å². The molecule has 0 spiro atoms. The first kappa shape index (κ1) is 23.9. The van der Waals surface area contributed by atoms with Gasteiger partial charge in [0.15, 0.2) is 0 Å². The van der Waals surface area contributed by atoms with Crippen molar-refractivity contribution in [1.29, 1.82) is 0 Å². The van der Waals surface area contributed by atoms with Gasteiger partial charge in [0.25, 0.3) is 0 Å². The third-order valence-electron chi connectivity index (χ3n) is 0. The van der Waals surface area contributed by atoms with Gasteiger partial charge >= 0.3 is 17.1 Å². The van der Waals surface area contributed by atoms with Gasteiger partial charge in [0, 0.05) is 10.4 Å². The number of hydrogen-bond donors (Lipinski definition) is 1. The van der Waals surface area contributed by atoms with Crippen molar-refractivity contribution in [3.8, 4) is 0 Å². The summed E-state index contributed by atoms with van der Waals surface area (Å²) in [6.45, 7) is 0. The van der Waals surface area contributed by atoms with Gasteiger partial charge in [-0.2, -0.15) is 0 Å². The van der Waals surface area contributed by atoms with E-state index in [2.05, 4.69) is 0 Å². The van der Waals surface area contributed by atoms with Gasteiger partial charge in [0.2, 0.25) is 0 Å². The van der Waals surface area contributed by atoms with Crippen molar-refractivity contribution in [3.63, 3.8) is 0 Å². The van der Waals surface area contributed by atoms with Gasteiger partial charge in [-0.1, -0.05) is 0 Å². The summed E-state index contributed by atoms with van der Waals surface area (Å²) < 4.78 is 34.1. The fraction of sp³-hybridized carbons (Fsp3) is 0. The van der Waals surface area contributed by atoms with Crippen LogP contribution in [0.1, 0.15) is 0 Å². The van der Waals surface area contributed by atoms with E-state index in [4.69, 9.17) is 17.5 Å². The van der Waals surface area contributed by atoms with E-state index in [1.165, 1.54) is 0 Å². The average molecular weight is 186 g/mol. The van der Waals surface area contributed by atoms with Gasteiger partial charge in [-0.25, -0.2) is 0 Å². The van der Waals surface area contributed by atoms with Crippen molar-refractivity contribution in [2.24, 2.45) is 0 Å². The molecule has 0 amide bonds. The number of hydrogen-bond acceptors (Lipinski definition) is 5. The normalized spacial score (nSPS) is 7.25. The predicted molar refractivity (Wildman–Crippen MR) is 18.4 cm³/mol. The molecule has 53 valence electrons. The van der Waals surface area contributed by atoms with Gasteiger partial charge in [0.05, 0.1) is 0 Å². The van der Waals surface area contributed by atoms with Crippen LogP contribution in [0.4, 0.5) is 0 Å². The van der Waals surface area contributed by atoms with Crippen molar-refractivity contribution >= 4 is 10.4 Å². The summed E-state index contributed by atoms with van der Waals surface area (Å²) in [6.07, 6.45) is 0. The zero-order chi connectivity index (χ0) is 4.50. The molecule has 0 heterocycles. The van der Waals surface area contributed by atoms with Crippen molar-refractivity contribution < 1.29 is 40.1 Å². The molecule has 0 saturated heterocycles. The Kier molecular flexibility index (Phi) is 21.8. The van der Waals surface area contributed by atoms with E-state index in [1.54, 1.807) is 0 Å². The molecule has 8 heavy (non-hydrogen) atoms. The molecule has 0 aliphatic rings. The summed E-state index contributed by atoms with van der Waals surface area (Å²) in [5, 5.41) is 0. The Bertz CT molecular complexity index is 95.6. The maximum absolute atomic E-state index is 8.52. The Morgan fingerprint density at radius 2 is 1.12 bits per heavy atom. The minimum Gasteiger partial charge on any atom is -0.870 e. The van der Waals surface area contributed by atoms with Crippen LogP contribution in [0.25, 0.3) is 0 Å². The Labute approximate surface area is 57.2 Å². The molecule has 0 bridgehead atoms. The van der Waals surface area contributed by atoms with Crippen LogP contribution in [-0.4, -0.2) is 23.0 Å². The van der Waals surface area contributed by atoms with Gasteiger partial charge in [-0.05, 0) is 0 Å². The smallest absolute Gasteiger partial charge is 0.870 e. The summed E-state index contributed by atoms with van der Waals surface area (Å²) in [5.74, 6) is 0. The maximum Gasteiger partial charge on any atom is 2.00 e. The minimum absolute atomic E-state index is 0. The van der Waals surface area contributed by atoms with Gasteiger partial charge < -0.3 is 20.7 Å². The Balaban J connectivity index is -0.0000000267. The largest absolute Gasteiger partial charge is 2.00 e. The van der Waals surface area contributed by atoms with Crippen LogP contribution < -0.4 is 6.15 Å². The topological polar surface area (TPSA) is 147 Å². The van der Waals surface area contributed by atoms with Crippen molar-refractivity contribution in [2.75, 3.05) is 0 Å². The molecular formula is H5MnNO5S. The Hall–Kier alpha value is 0.309. The fourth-order valence-electron chi connectivity index (χ4n) is 0. The maximum atomic E-state index is 8.52. The van der Waals surface area contributed by atoms with Crippen LogP contribution in [0.2, 0.25) is 0 Å². The molecule has 0 saturated carbocycles. The monoisotopic (exact) mass is 186 g/mol. The zero-order valence-electron chi connectivity index (χ0n) is 3.87. The third kappa shape index (κ3) is 1860. The third-order valence-corrected chi connectivity index (χ3v) is 0. The average Bonchev–Trinajstić information content (AvgIpc) is 0.722. The summed E-state index contributed by atoms with van der Waals surface area (Å²) in [7, 11) is -5.17. The summed E-state index contributed by atoms with van der Waals surface area (Å²) in [4.78, 5) is 0. The van der Waals surface area contributed by atoms with E-state index in [0.29, 0.717) is 0 Å². The zero-order valence-corrected chi connectivity index (χ0v) is 5.86. The molecule has 0 aromatic carbocycles. The fourth-order valence-corrected chi connectivity index (χ4v) is 0. The summed E-state index contributed by atoms with van der Waals surface area (Å²) in [5.41, 5.74) is 0. The van der Waals surface area contributed by atoms with E-state index < -0.39 is 10.4 Å². The molecular weight excluding hydrogens is 181 g/mol. The van der Waals surface area contributed by atoms with Crippen molar-refractivity contribution in [2.45, 2.75) is 0 Å². The second-order valence-electron chi connectivity index (χ2n) is 0.408. The molecule has 0 fully saturated rings. The van der Waals surface area contributed by atoms with Crippen LogP contribution >= 0.6 is 0 Å². The van der Waals surface area contributed by atoms with Gasteiger partial charge in [0.1, 0.15) is 0 Å². The van der Waals surface area contributed by atoms with E-state index in [0.717, 1.165) is 0 Å². The molecule has 5 N–H and O–H groups in total. The number of quaternary nitrogens is 1. The van der Waals surface area contributed by atoms with Crippen molar-refractivity contribution in [1.82, 2.24) is 6.15 Å². The molecule has 0 unspecified atom stereocenters. The van der Waals surface area contributed by atoms with E-state index in [9.17, 15) is 0 Å². The Morgan fingerprint density at radius 3 is 1.12 bits per heavy atom. The quantitative estimate of drug-likeness (QED) is 0.288. The molecule has 1 radical (unpaired) electrons. The van der Waals surface area contributed by atoms with Crippen LogP contribution in [0.15, 0.2) is 0 Å². The summed E-state index contributed by atoms with van der Waals surface area (Å²) in [6, 6.07) is 0. The van der Waals surface area contributed by atoms with Crippen LogP contribution in [0.5, 0.6) is 0 Å². The second-order valence-corrected chi connectivity index (χ2v) is 1.22. The Morgan fingerprint density at radius 1 is 1.12 bits per heavy atom. The SMILES string of the molecule is O=S(=O)([O-])[O-].[Mn+2].[NH4+].[OH-]. The molecule has 0 aromatic heterocycles. The predicted octanol–water partition coefficient (Wildman–Crippen LogP) is -1.14. The van der Waals surface area contributed by atoms with E-state index in [-0.39, 0.29) is 28.7 Å². The first-order valence-corrected chi connectivity index (χ1v) is 2.00.